The quantitative estimate of drug-likeness (QED) is 0.885. The van der Waals surface area contributed by atoms with Crippen LogP contribution in [0.1, 0.15) is 11.1 Å². The Kier molecular flexibility index (Phi) is 5.15. The maximum atomic E-state index is 12.1. The predicted octanol–water partition coefficient (Wildman–Crippen LogP) is 2.09. The van der Waals surface area contributed by atoms with Gasteiger partial charge in [0.25, 0.3) is 0 Å². The molecule has 114 valence electrons. The van der Waals surface area contributed by atoms with Crippen LogP contribution in [-0.4, -0.2) is 22.1 Å². The van der Waals surface area contributed by atoms with E-state index in [4.69, 9.17) is 10.00 Å². The molecule has 0 aromatic heterocycles. The number of rotatable bonds is 6. The first-order valence-corrected chi connectivity index (χ1v) is 8.16. The molecule has 6 heteroatoms. The maximum Gasteiger partial charge on any atom is 0.240 e. The second-order valence-corrected chi connectivity index (χ2v) is 6.40. The van der Waals surface area contributed by atoms with E-state index in [9.17, 15) is 8.42 Å². The third-order valence-corrected chi connectivity index (χ3v) is 4.64. The van der Waals surface area contributed by atoms with Gasteiger partial charge in [-0.1, -0.05) is 12.1 Å². The Labute approximate surface area is 130 Å². The van der Waals surface area contributed by atoms with Crippen molar-refractivity contribution in [2.24, 2.45) is 0 Å². The first-order chi connectivity index (χ1) is 10.5. The van der Waals surface area contributed by atoms with Gasteiger partial charge in [0.05, 0.1) is 23.6 Å². The SMILES string of the molecule is COc1ccc(S(=O)(=O)NCCc2ccc(C#N)cc2)cc1. The summed E-state index contributed by atoms with van der Waals surface area (Å²) < 4.78 is 31.8. The number of hydrogen-bond donors (Lipinski definition) is 1. The van der Waals surface area contributed by atoms with Gasteiger partial charge in [-0.2, -0.15) is 5.26 Å². The molecule has 0 fully saturated rings. The summed E-state index contributed by atoms with van der Waals surface area (Å²) in [5.74, 6) is 0.608. The average Bonchev–Trinajstić information content (AvgIpc) is 2.55. The Hall–Kier alpha value is -2.36. The summed E-state index contributed by atoms with van der Waals surface area (Å²) >= 11 is 0. The molecule has 0 unspecified atom stereocenters. The highest BCUT2D eigenvalue weighted by Crippen LogP contribution is 2.15. The van der Waals surface area contributed by atoms with E-state index in [1.54, 1.807) is 24.3 Å². The zero-order chi connectivity index (χ0) is 16.0. The molecule has 0 bridgehead atoms. The number of nitrogens with zero attached hydrogens (tertiary/aromatic N) is 1. The van der Waals surface area contributed by atoms with Gasteiger partial charge in [0.1, 0.15) is 5.75 Å². The van der Waals surface area contributed by atoms with Crippen molar-refractivity contribution < 1.29 is 13.2 Å². The van der Waals surface area contributed by atoms with E-state index >= 15 is 0 Å². The van der Waals surface area contributed by atoms with Crippen LogP contribution in [-0.2, 0) is 16.4 Å². The lowest BCUT2D eigenvalue weighted by Crippen LogP contribution is -2.25. The predicted molar refractivity (Wildman–Crippen MR) is 83.0 cm³/mol. The Morgan fingerprint density at radius 1 is 1.09 bits per heavy atom. The Bertz CT molecular complexity index is 761. The smallest absolute Gasteiger partial charge is 0.240 e. The van der Waals surface area contributed by atoms with Crippen molar-refractivity contribution >= 4 is 10.0 Å². The summed E-state index contributed by atoms with van der Waals surface area (Å²) in [6, 6.07) is 15.3. The highest BCUT2D eigenvalue weighted by molar-refractivity contribution is 7.89. The molecule has 22 heavy (non-hydrogen) atoms. The Morgan fingerprint density at radius 2 is 1.73 bits per heavy atom. The molecule has 0 aliphatic carbocycles. The number of nitriles is 1. The van der Waals surface area contributed by atoms with Crippen molar-refractivity contribution in [2.75, 3.05) is 13.7 Å². The summed E-state index contributed by atoms with van der Waals surface area (Å²) in [7, 11) is -2.00. The molecule has 0 saturated carbocycles. The van der Waals surface area contributed by atoms with Gasteiger partial charge in [-0.05, 0) is 48.4 Å². The molecule has 2 rings (SSSR count). The van der Waals surface area contributed by atoms with Crippen LogP contribution >= 0.6 is 0 Å². The van der Waals surface area contributed by atoms with E-state index in [0.29, 0.717) is 24.3 Å². The van der Waals surface area contributed by atoms with E-state index in [2.05, 4.69) is 4.72 Å². The summed E-state index contributed by atoms with van der Waals surface area (Å²) in [5.41, 5.74) is 1.55. The molecule has 0 amide bonds. The monoisotopic (exact) mass is 316 g/mol. The van der Waals surface area contributed by atoms with Crippen LogP contribution in [0.4, 0.5) is 0 Å². The first-order valence-electron chi connectivity index (χ1n) is 6.68. The highest BCUT2D eigenvalue weighted by Gasteiger charge is 2.13. The van der Waals surface area contributed by atoms with Crippen molar-refractivity contribution in [2.45, 2.75) is 11.3 Å². The zero-order valence-corrected chi connectivity index (χ0v) is 12.9. The maximum absolute atomic E-state index is 12.1. The fraction of sp³-hybridized carbons (Fsp3) is 0.188. The Balaban J connectivity index is 1.95. The number of ether oxygens (including phenoxy) is 1. The van der Waals surface area contributed by atoms with E-state index in [1.807, 2.05) is 18.2 Å². The molecule has 0 aliphatic heterocycles. The van der Waals surface area contributed by atoms with Crippen LogP contribution in [0.15, 0.2) is 53.4 Å². The molecule has 0 heterocycles. The summed E-state index contributed by atoms with van der Waals surface area (Å²) in [6.45, 7) is 0.292. The summed E-state index contributed by atoms with van der Waals surface area (Å²) in [4.78, 5) is 0.202. The third kappa shape index (κ3) is 4.07. The molecule has 2 aromatic rings. The van der Waals surface area contributed by atoms with Crippen molar-refractivity contribution in [3.8, 4) is 11.8 Å². The van der Waals surface area contributed by atoms with Crippen molar-refractivity contribution in [1.29, 1.82) is 5.26 Å². The second-order valence-electron chi connectivity index (χ2n) is 4.63. The molecule has 5 nitrogen and oxygen atoms in total. The van der Waals surface area contributed by atoms with Gasteiger partial charge in [-0.15, -0.1) is 0 Å². The topological polar surface area (TPSA) is 79.2 Å². The lowest BCUT2D eigenvalue weighted by molar-refractivity contribution is 0.414. The number of benzene rings is 2. The molecule has 1 N–H and O–H groups in total. The molecule has 2 aromatic carbocycles. The van der Waals surface area contributed by atoms with Crippen LogP contribution in [0.3, 0.4) is 0 Å². The molecule has 0 spiro atoms. The van der Waals surface area contributed by atoms with Crippen LogP contribution in [0, 0.1) is 11.3 Å². The number of sulfonamides is 1. The molecular weight excluding hydrogens is 300 g/mol. The molecule has 0 aliphatic rings. The van der Waals surface area contributed by atoms with Crippen LogP contribution in [0.25, 0.3) is 0 Å². The lowest BCUT2D eigenvalue weighted by Gasteiger charge is -2.07. The van der Waals surface area contributed by atoms with Gasteiger partial charge in [0.2, 0.25) is 10.0 Å². The second kappa shape index (κ2) is 7.07. The largest absolute Gasteiger partial charge is 0.497 e. The fourth-order valence-corrected chi connectivity index (χ4v) is 2.95. The standard InChI is InChI=1S/C16H16N2O3S/c1-21-15-6-8-16(9-7-15)22(19,20)18-11-10-13-2-4-14(12-17)5-3-13/h2-9,18H,10-11H2,1H3. The van der Waals surface area contributed by atoms with E-state index in [1.165, 1.54) is 19.2 Å². The minimum Gasteiger partial charge on any atom is -0.497 e. The van der Waals surface area contributed by atoms with Gasteiger partial charge in [0, 0.05) is 6.54 Å². The number of nitrogens with one attached hydrogen (secondary N) is 1. The average molecular weight is 316 g/mol. The number of methoxy groups -OCH3 is 1. The summed E-state index contributed by atoms with van der Waals surface area (Å²) in [5, 5.41) is 8.72. The highest BCUT2D eigenvalue weighted by atomic mass is 32.2. The fourth-order valence-electron chi connectivity index (χ4n) is 1.91. The minimum absolute atomic E-state index is 0.202. The van der Waals surface area contributed by atoms with Crippen molar-refractivity contribution in [1.82, 2.24) is 4.72 Å². The lowest BCUT2D eigenvalue weighted by atomic mass is 10.1. The van der Waals surface area contributed by atoms with Gasteiger partial charge in [-0.25, -0.2) is 13.1 Å². The summed E-state index contributed by atoms with van der Waals surface area (Å²) in [6.07, 6.45) is 0.557. The normalized spacial score (nSPS) is 10.9. The molecule has 0 saturated heterocycles. The molecular formula is C16H16N2O3S. The van der Waals surface area contributed by atoms with Crippen LogP contribution in [0.5, 0.6) is 5.75 Å². The van der Waals surface area contributed by atoms with E-state index < -0.39 is 10.0 Å². The van der Waals surface area contributed by atoms with E-state index in [-0.39, 0.29) is 4.90 Å². The van der Waals surface area contributed by atoms with Crippen molar-refractivity contribution in [3.05, 3.63) is 59.7 Å². The van der Waals surface area contributed by atoms with Gasteiger partial charge in [-0.3, -0.25) is 0 Å². The zero-order valence-electron chi connectivity index (χ0n) is 12.1. The minimum atomic E-state index is -3.53. The van der Waals surface area contributed by atoms with E-state index in [0.717, 1.165) is 5.56 Å². The van der Waals surface area contributed by atoms with Gasteiger partial charge in [0.15, 0.2) is 0 Å². The molecule has 0 radical (unpaired) electrons. The first kappa shape index (κ1) is 16.0. The Morgan fingerprint density at radius 3 is 2.27 bits per heavy atom. The molecule has 0 atom stereocenters. The number of hydrogen-bond acceptors (Lipinski definition) is 4. The van der Waals surface area contributed by atoms with Crippen LogP contribution in [0.2, 0.25) is 0 Å². The van der Waals surface area contributed by atoms with Crippen LogP contribution < -0.4 is 9.46 Å². The van der Waals surface area contributed by atoms with Crippen molar-refractivity contribution in [3.63, 3.8) is 0 Å². The van der Waals surface area contributed by atoms with Gasteiger partial charge < -0.3 is 4.74 Å². The third-order valence-electron chi connectivity index (χ3n) is 3.16. The van der Waals surface area contributed by atoms with Gasteiger partial charge >= 0.3 is 0 Å².